The monoisotopic (exact) mass is 195 g/mol. The second kappa shape index (κ2) is 6.60. The molecule has 0 aliphatic carbocycles. The number of hydrogen-bond acceptors (Lipinski definition) is 2. The lowest BCUT2D eigenvalue weighted by Gasteiger charge is -1.97. The Kier molecular flexibility index (Phi) is 5.30. The van der Waals surface area contributed by atoms with Crippen LogP contribution in [0.3, 0.4) is 0 Å². The summed E-state index contributed by atoms with van der Waals surface area (Å²) in [6, 6.07) is 0. The van der Waals surface area contributed by atoms with Crippen molar-refractivity contribution in [2.45, 2.75) is 45.4 Å². The number of aryl methyl sites for hydroxylation is 2. The summed E-state index contributed by atoms with van der Waals surface area (Å²) in [5.41, 5.74) is 6.66. The van der Waals surface area contributed by atoms with Gasteiger partial charge in [-0.3, -0.25) is 0 Å². The second-order valence-corrected chi connectivity index (χ2v) is 3.66. The van der Waals surface area contributed by atoms with Crippen LogP contribution in [-0.2, 0) is 12.8 Å². The van der Waals surface area contributed by atoms with Crippen LogP contribution in [0.1, 0.15) is 44.1 Å². The van der Waals surface area contributed by atoms with E-state index in [1.165, 1.54) is 25.0 Å². The van der Waals surface area contributed by atoms with Crippen molar-refractivity contribution in [2.75, 3.05) is 6.54 Å². The van der Waals surface area contributed by atoms with Gasteiger partial charge in [0, 0.05) is 18.3 Å². The maximum Gasteiger partial charge on any atom is 0.106 e. The Bertz CT molecular complexity index is 242. The van der Waals surface area contributed by atoms with E-state index in [-0.39, 0.29) is 0 Å². The molecule has 0 aliphatic rings. The predicted molar refractivity (Wildman–Crippen MR) is 59.2 cm³/mol. The topological polar surface area (TPSA) is 54.7 Å². The zero-order valence-corrected chi connectivity index (χ0v) is 9.05. The van der Waals surface area contributed by atoms with E-state index in [9.17, 15) is 0 Å². The molecule has 0 atom stereocenters. The van der Waals surface area contributed by atoms with Gasteiger partial charge in [0.05, 0.1) is 0 Å². The molecule has 1 heterocycles. The maximum atomic E-state index is 5.42. The quantitative estimate of drug-likeness (QED) is 0.654. The highest BCUT2D eigenvalue weighted by Crippen LogP contribution is 2.05. The Morgan fingerprint density at radius 3 is 2.71 bits per heavy atom. The lowest BCUT2D eigenvalue weighted by atomic mass is 10.1. The number of nitrogens with zero attached hydrogens (tertiary/aromatic N) is 1. The van der Waals surface area contributed by atoms with Crippen LogP contribution in [0.2, 0.25) is 0 Å². The third-order valence-electron chi connectivity index (χ3n) is 2.43. The third kappa shape index (κ3) is 3.92. The lowest BCUT2D eigenvalue weighted by Crippen LogP contribution is -1.98. The van der Waals surface area contributed by atoms with Crippen molar-refractivity contribution < 1.29 is 0 Å². The van der Waals surface area contributed by atoms with E-state index in [2.05, 4.69) is 16.9 Å². The van der Waals surface area contributed by atoms with Gasteiger partial charge in [-0.05, 0) is 25.8 Å². The van der Waals surface area contributed by atoms with Gasteiger partial charge in [0.25, 0.3) is 0 Å². The molecule has 0 aromatic carbocycles. The fourth-order valence-electron chi connectivity index (χ4n) is 1.50. The molecule has 0 bridgehead atoms. The van der Waals surface area contributed by atoms with E-state index < -0.39 is 0 Å². The Hall–Kier alpha value is -0.830. The van der Waals surface area contributed by atoms with E-state index in [1.54, 1.807) is 0 Å². The summed E-state index contributed by atoms with van der Waals surface area (Å²) in [7, 11) is 0. The van der Waals surface area contributed by atoms with Crippen molar-refractivity contribution >= 4 is 0 Å². The first kappa shape index (κ1) is 11.2. The number of nitrogens with one attached hydrogen (secondary N) is 1. The lowest BCUT2D eigenvalue weighted by molar-refractivity contribution is 0.637. The minimum Gasteiger partial charge on any atom is -0.346 e. The molecule has 3 heteroatoms. The van der Waals surface area contributed by atoms with Crippen molar-refractivity contribution in [3.63, 3.8) is 0 Å². The van der Waals surface area contributed by atoms with Gasteiger partial charge in [-0.15, -0.1) is 0 Å². The minimum atomic E-state index is 0.820. The van der Waals surface area contributed by atoms with E-state index >= 15 is 0 Å². The Morgan fingerprint density at radius 2 is 2.07 bits per heavy atom. The van der Waals surface area contributed by atoms with Crippen molar-refractivity contribution in [1.29, 1.82) is 0 Å². The molecule has 0 fully saturated rings. The number of aromatic amines is 1. The van der Waals surface area contributed by atoms with Crippen LogP contribution in [0.25, 0.3) is 0 Å². The molecule has 0 amide bonds. The van der Waals surface area contributed by atoms with Crippen LogP contribution in [-0.4, -0.2) is 16.5 Å². The highest BCUT2D eigenvalue weighted by atomic mass is 14.9. The van der Waals surface area contributed by atoms with E-state index in [1.807, 2.05) is 6.20 Å². The molecular formula is C11H21N3. The molecule has 0 saturated heterocycles. The largest absolute Gasteiger partial charge is 0.346 e. The summed E-state index contributed by atoms with van der Waals surface area (Å²) >= 11 is 0. The summed E-state index contributed by atoms with van der Waals surface area (Å²) in [4.78, 5) is 7.64. The molecule has 0 saturated carbocycles. The van der Waals surface area contributed by atoms with Gasteiger partial charge in [0.1, 0.15) is 5.82 Å². The summed E-state index contributed by atoms with van der Waals surface area (Å²) in [5, 5.41) is 0. The zero-order valence-electron chi connectivity index (χ0n) is 9.05. The highest BCUT2D eigenvalue weighted by molar-refractivity contribution is 5.00. The van der Waals surface area contributed by atoms with Gasteiger partial charge >= 0.3 is 0 Å². The SMILES string of the molecule is CCc1cnc(CCCCCCN)[nH]1. The number of nitrogens with two attached hydrogens (primary N) is 1. The van der Waals surface area contributed by atoms with Crippen LogP contribution in [0.5, 0.6) is 0 Å². The summed E-state index contributed by atoms with van der Waals surface area (Å²) in [6.07, 6.45) is 8.94. The van der Waals surface area contributed by atoms with Crippen molar-refractivity contribution in [3.05, 3.63) is 17.7 Å². The molecule has 0 aliphatic heterocycles. The molecule has 14 heavy (non-hydrogen) atoms. The average Bonchev–Trinajstić information content (AvgIpc) is 2.65. The van der Waals surface area contributed by atoms with Gasteiger partial charge < -0.3 is 10.7 Å². The Balaban J connectivity index is 2.12. The van der Waals surface area contributed by atoms with Crippen LogP contribution >= 0.6 is 0 Å². The number of rotatable bonds is 7. The number of unbranched alkanes of at least 4 members (excludes halogenated alkanes) is 3. The standard InChI is InChI=1S/C11H21N3/c1-2-10-9-13-11(14-10)7-5-3-4-6-8-12/h9H,2-8,12H2,1H3,(H,13,14). The normalized spacial score (nSPS) is 10.7. The molecule has 1 aromatic rings. The molecule has 0 radical (unpaired) electrons. The minimum absolute atomic E-state index is 0.820. The Labute approximate surface area is 86.1 Å². The van der Waals surface area contributed by atoms with Crippen LogP contribution in [0.4, 0.5) is 0 Å². The first-order chi connectivity index (χ1) is 6.86. The molecule has 80 valence electrons. The highest BCUT2D eigenvalue weighted by Gasteiger charge is 1.98. The summed E-state index contributed by atoms with van der Waals surface area (Å²) in [5.74, 6) is 1.13. The number of imidazole rings is 1. The van der Waals surface area contributed by atoms with Gasteiger partial charge in [-0.1, -0.05) is 19.8 Å². The van der Waals surface area contributed by atoms with Crippen LogP contribution < -0.4 is 5.73 Å². The first-order valence-electron chi connectivity index (χ1n) is 5.59. The van der Waals surface area contributed by atoms with E-state index in [0.29, 0.717) is 0 Å². The number of H-pyrrole nitrogens is 1. The zero-order chi connectivity index (χ0) is 10.2. The van der Waals surface area contributed by atoms with Gasteiger partial charge in [-0.2, -0.15) is 0 Å². The van der Waals surface area contributed by atoms with Crippen LogP contribution in [0, 0.1) is 0 Å². The van der Waals surface area contributed by atoms with E-state index in [4.69, 9.17) is 5.73 Å². The van der Waals surface area contributed by atoms with Crippen LogP contribution in [0.15, 0.2) is 6.20 Å². The molecular weight excluding hydrogens is 174 g/mol. The average molecular weight is 195 g/mol. The van der Waals surface area contributed by atoms with Gasteiger partial charge in [0.2, 0.25) is 0 Å². The molecule has 0 spiro atoms. The fourth-order valence-corrected chi connectivity index (χ4v) is 1.50. The van der Waals surface area contributed by atoms with Crippen molar-refractivity contribution in [2.24, 2.45) is 5.73 Å². The number of hydrogen-bond donors (Lipinski definition) is 2. The molecule has 1 rings (SSSR count). The Morgan fingerprint density at radius 1 is 1.29 bits per heavy atom. The molecule has 3 nitrogen and oxygen atoms in total. The van der Waals surface area contributed by atoms with E-state index in [0.717, 1.165) is 31.6 Å². The fraction of sp³-hybridized carbons (Fsp3) is 0.727. The van der Waals surface area contributed by atoms with Crippen molar-refractivity contribution in [3.8, 4) is 0 Å². The summed E-state index contributed by atoms with van der Waals surface area (Å²) < 4.78 is 0. The second-order valence-electron chi connectivity index (χ2n) is 3.66. The number of aromatic nitrogens is 2. The van der Waals surface area contributed by atoms with Gasteiger partial charge in [-0.25, -0.2) is 4.98 Å². The smallest absolute Gasteiger partial charge is 0.106 e. The summed E-state index contributed by atoms with van der Waals surface area (Å²) in [6.45, 7) is 2.96. The van der Waals surface area contributed by atoms with Crippen molar-refractivity contribution in [1.82, 2.24) is 9.97 Å². The molecule has 1 aromatic heterocycles. The molecule has 3 N–H and O–H groups in total. The third-order valence-corrected chi connectivity index (χ3v) is 2.43. The predicted octanol–water partition coefficient (Wildman–Crippen LogP) is 2.03. The maximum absolute atomic E-state index is 5.42. The molecule has 0 unspecified atom stereocenters. The first-order valence-corrected chi connectivity index (χ1v) is 5.59. The van der Waals surface area contributed by atoms with Gasteiger partial charge in [0.15, 0.2) is 0 Å².